The van der Waals surface area contributed by atoms with Gasteiger partial charge in [0.1, 0.15) is 12.4 Å². The average molecular weight is 659 g/mol. The van der Waals surface area contributed by atoms with Gasteiger partial charge in [-0.15, -0.1) is 4.37 Å². The lowest BCUT2D eigenvalue weighted by atomic mass is 10.1. The van der Waals surface area contributed by atoms with Crippen LogP contribution in [-0.2, 0) is 23.8 Å². The number of halogens is 6. The van der Waals surface area contributed by atoms with Crippen LogP contribution in [0.5, 0.6) is 5.88 Å². The lowest BCUT2D eigenvalue weighted by Gasteiger charge is -2.34. The zero-order valence-corrected chi connectivity index (χ0v) is 24.4. The predicted octanol–water partition coefficient (Wildman–Crippen LogP) is 4.94. The maximum atomic E-state index is 13.2. The standard InChI is InChI=1S/C27H28F6N8O3S/c28-26(29,30)18-12-19(27(31,32)33)14-20(13-18)35-25(43)41-9-7-40(8-10-41)23-24(38-45-37-23)44-16-17-3-4-34-21(11-17)36-22(42)15-39-5-1-2-6-39/h3-4,11-14H,1-2,5-10,15-16H2,(H,35,43)(H,34,36,42). The monoisotopic (exact) mass is 658 g/mol. The van der Waals surface area contributed by atoms with Crippen molar-refractivity contribution in [3.63, 3.8) is 0 Å². The van der Waals surface area contributed by atoms with Gasteiger partial charge in [0.15, 0.2) is 0 Å². The molecule has 0 saturated carbocycles. The van der Waals surface area contributed by atoms with Gasteiger partial charge in [0, 0.05) is 38.1 Å². The molecule has 3 amide bonds. The number of piperazine rings is 1. The molecule has 4 heterocycles. The van der Waals surface area contributed by atoms with E-state index in [0.717, 1.165) is 43.2 Å². The van der Waals surface area contributed by atoms with Gasteiger partial charge in [0.25, 0.3) is 5.88 Å². The van der Waals surface area contributed by atoms with E-state index in [1.807, 2.05) is 4.90 Å². The van der Waals surface area contributed by atoms with Crippen molar-refractivity contribution in [3.05, 3.63) is 53.2 Å². The van der Waals surface area contributed by atoms with Crippen molar-refractivity contribution >= 4 is 41.0 Å². The minimum absolute atomic E-state index is 0.00214. The summed E-state index contributed by atoms with van der Waals surface area (Å²) in [5.74, 6) is 0.923. The van der Waals surface area contributed by atoms with E-state index in [1.165, 1.54) is 4.90 Å². The molecule has 0 spiro atoms. The number of pyridine rings is 1. The molecule has 3 aromatic rings. The number of carbonyl (C=O) groups excluding carboxylic acids is 2. The SMILES string of the molecule is O=C(CN1CCCC1)Nc1cc(COc2nsnc2N2CCN(C(=O)Nc3cc(C(F)(F)F)cc(C(F)(F)F)c3)CC2)ccn1. The third kappa shape index (κ3) is 8.50. The second-order valence-corrected chi connectivity index (χ2v) is 11.0. The first kappa shape index (κ1) is 32.2. The molecule has 45 heavy (non-hydrogen) atoms. The summed E-state index contributed by atoms with van der Waals surface area (Å²) < 4.78 is 93.4. The van der Waals surface area contributed by atoms with E-state index in [4.69, 9.17) is 4.74 Å². The van der Waals surface area contributed by atoms with Gasteiger partial charge in [-0.1, -0.05) is 0 Å². The van der Waals surface area contributed by atoms with E-state index in [9.17, 15) is 35.9 Å². The van der Waals surface area contributed by atoms with Gasteiger partial charge in [-0.25, -0.2) is 9.78 Å². The fraction of sp³-hybridized carbons (Fsp3) is 0.444. The molecule has 11 nitrogen and oxygen atoms in total. The van der Waals surface area contributed by atoms with Crippen molar-refractivity contribution in [2.45, 2.75) is 31.8 Å². The molecule has 242 valence electrons. The first-order valence-electron chi connectivity index (χ1n) is 13.9. The van der Waals surface area contributed by atoms with Crippen LogP contribution in [0.1, 0.15) is 29.5 Å². The Labute approximate surface area is 257 Å². The van der Waals surface area contributed by atoms with Crippen LogP contribution in [-0.4, -0.2) is 81.3 Å². The van der Waals surface area contributed by atoms with Crippen LogP contribution < -0.4 is 20.3 Å². The van der Waals surface area contributed by atoms with E-state index in [2.05, 4.69) is 29.3 Å². The smallest absolute Gasteiger partial charge is 0.416 e. The number of amides is 3. The number of hydrogen-bond acceptors (Lipinski definition) is 9. The molecule has 5 rings (SSSR count). The Bertz CT molecular complexity index is 1470. The number of nitrogens with one attached hydrogen (secondary N) is 2. The van der Waals surface area contributed by atoms with Gasteiger partial charge >= 0.3 is 18.4 Å². The van der Waals surface area contributed by atoms with Gasteiger partial charge in [-0.05, 0) is 61.8 Å². The van der Waals surface area contributed by atoms with Gasteiger partial charge in [0.05, 0.1) is 29.4 Å². The van der Waals surface area contributed by atoms with Crippen molar-refractivity contribution in [1.82, 2.24) is 23.5 Å². The summed E-state index contributed by atoms with van der Waals surface area (Å²) >= 11 is 0.920. The predicted molar refractivity (Wildman–Crippen MR) is 152 cm³/mol. The summed E-state index contributed by atoms with van der Waals surface area (Å²) in [6.07, 6.45) is -6.35. The molecule has 2 fully saturated rings. The molecule has 0 atom stereocenters. The third-order valence-corrected chi connectivity index (χ3v) is 7.68. The van der Waals surface area contributed by atoms with Gasteiger partial charge in [0.2, 0.25) is 11.7 Å². The van der Waals surface area contributed by atoms with Crippen LogP contribution in [0.15, 0.2) is 36.5 Å². The van der Waals surface area contributed by atoms with E-state index in [1.54, 1.807) is 18.3 Å². The number of urea groups is 1. The highest BCUT2D eigenvalue weighted by atomic mass is 32.1. The number of carbonyl (C=O) groups is 2. The van der Waals surface area contributed by atoms with Gasteiger partial charge in [-0.2, -0.15) is 30.7 Å². The lowest BCUT2D eigenvalue weighted by molar-refractivity contribution is -0.143. The normalized spacial score (nSPS) is 16.1. The van der Waals surface area contributed by atoms with E-state index in [0.29, 0.717) is 30.3 Å². The first-order chi connectivity index (χ1) is 21.3. The zero-order chi connectivity index (χ0) is 32.2. The topological polar surface area (TPSA) is 116 Å². The van der Waals surface area contributed by atoms with Crippen LogP contribution in [0.25, 0.3) is 0 Å². The number of ether oxygens (including phenoxy) is 1. The minimum Gasteiger partial charge on any atom is -0.470 e. The fourth-order valence-electron chi connectivity index (χ4n) is 4.92. The van der Waals surface area contributed by atoms with Gasteiger partial charge < -0.3 is 25.2 Å². The quantitative estimate of drug-likeness (QED) is 0.328. The lowest BCUT2D eigenvalue weighted by Crippen LogP contribution is -2.50. The summed E-state index contributed by atoms with van der Waals surface area (Å²) in [6.45, 7) is 2.93. The number of aromatic nitrogens is 3. The molecular formula is C27H28F6N8O3S. The van der Waals surface area contributed by atoms with Crippen molar-refractivity contribution in [3.8, 4) is 5.88 Å². The number of nitrogens with zero attached hydrogens (tertiary/aromatic N) is 6. The van der Waals surface area contributed by atoms with E-state index >= 15 is 0 Å². The number of hydrogen-bond donors (Lipinski definition) is 2. The Kier molecular flexibility index (Phi) is 9.62. The van der Waals surface area contributed by atoms with Crippen LogP contribution >= 0.6 is 11.7 Å². The number of alkyl halides is 6. The molecule has 0 radical (unpaired) electrons. The highest BCUT2D eigenvalue weighted by molar-refractivity contribution is 6.99. The van der Waals surface area contributed by atoms with E-state index in [-0.39, 0.29) is 50.6 Å². The van der Waals surface area contributed by atoms with Crippen LogP contribution in [0.4, 0.5) is 48.5 Å². The molecular weight excluding hydrogens is 630 g/mol. The summed E-state index contributed by atoms with van der Waals surface area (Å²) in [7, 11) is 0. The summed E-state index contributed by atoms with van der Waals surface area (Å²) in [4.78, 5) is 34.4. The van der Waals surface area contributed by atoms with E-state index < -0.39 is 35.2 Å². The maximum Gasteiger partial charge on any atom is 0.416 e. The highest BCUT2D eigenvalue weighted by Gasteiger charge is 2.37. The fourth-order valence-corrected chi connectivity index (χ4v) is 5.44. The van der Waals surface area contributed by atoms with Crippen LogP contribution in [0, 0.1) is 0 Å². The summed E-state index contributed by atoms with van der Waals surface area (Å²) in [6, 6.07) is 3.51. The molecule has 0 aliphatic carbocycles. The zero-order valence-electron chi connectivity index (χ0n) is 23.6. The largest absolute Gasteiger partial charge is 0.470 e. The Hall–Kier alpha value is -4.19. The molecule has 2 saturated heterocycles. The molecule has 2 N–H and O–H groups in total. The highest BCUT2D eigenvalue weighted by Crippen LogP contribution is 2.37. The third-order valence-electron chi connectivity index (χ3n) is 7.18. The minimum atomic E-state index is -5.03. The Morgan fingerprint density at radius 3 is 2.18 bits per heavy atom. The molecule has 0 bridgehead atoms. The number of benzene rings is 1. The average Bonchev–Trinajstić information content (AvgIpc) is 3.67. The molecule has 2 aromatic heterocycles. The van der Waals surface area contributed by atoms with Crippen LogP contribution in [0.3, 0.4) is 0 Å². The van der Waals surface area contributed by atoms with Crippen molar-refractivity contribution in [2.24, 2.45) is 0 Å². The molecule has 2 aliphatic rings. The Morgan fingerprint density at radius 2 is 1.53 bits per heavy atom. The van der Waals surface area contributed by atoms with Gasteiger partial charge in [-0.3, -0.25) is 9.69 Å². The number of anilines is 3. The van der Waals surface area contributed by atoms with Crippen LogP contribution in [0.2, 0.25) is 0 Å². The first-order valence-corrected chi connectivity index (χ1v) is 14.6. The van der Waals surface area contributed by atoms with Crippen molar-refractivity contribution < 1.29 is 40.7 Å². The Balaban J connectivity index is 1.14. The maximum absolute atomic E-state index is 13.2. The molecule has 1 aromatic carbocycles. The molecule has 2 aliphatic heterocycles. The van der Waals surface area contributed by atoms with Crippen molar-refractivity contribution in [2.75, 3.05) is 61.3 Å². The summed E-state index contributed by atoms with van der Waals surface area (Å²) in [5, 5.41) is 4.95. The summed E-state index contributed by atoms with van der Waals surface area (Å²) in [5.41, 5.74) is -2.93. The number of likely N-dealkylation sites (tertiary alicyclic amines) is 1. The molecule has 0 unspecified atom stereocenters. The number of rotatable bonds is 8. The second kappa shape index (κ2) is 13.4. The molecule has 18 heteroatoms. The van der Waals surface area contributed by atoms with Crippen molar-refractivity contribution in [1.29, 1.82) is 0 Å². The Morgan fingerprint density at radius 1 is 0.867 bits per heavy atom. The second-order valence-electron chi connectivity index (χ2n) is 10.5.